The maximum Gasteiger partial charge on any atom is 0.252 e. The van der Waals surface area contributed by atoms with E-state index in [0.717, 1.165) is 15.7 Å². The Morgan fingerprint density at radius 2 is 1.86 bits per heavy atom. The summed E-state index contributed by atoms with van der Waals surface area (Å²) in [6.07, 6.45) is 1.00. The topological polar surface area (TPSA) is 79.4 Å². The smallest absolute Gasteiger partial charge is 0.252 e. The Labute approximate surface area is 185 Å². The molecule has 29 heavy (non-hydrogen) atoms. The van der Waals surface area contributed by atoms with Crippen LogP contribution < -0.4 is 5.32 Å². The molecule has 0 bridgehead atoms. The predicted molar refractivity (Wildman–Crippen MR) is 120 cm³/mol. The number of nitrogens with zero attached hydrogens (tertiary/aromatic N) is 2. The van der Waals surface area contributed by atoms with Gasteiger partial charge in [0, 0.05) is 34.4 Å². The number of thiazole rings is 1. The van der Waals surface area contributed by atoms with Crippen molar-refractivity contribution in [2.24, 2.45) is 5.92 Å². The minimum Gasteiger partial charge on any atom is -0.302 e. The van der Waals surface area contributed by atoms with Gasteiger partial charge in [0.15, 0.2) is 5.13 Å². The molecule has 1 aromatic carbocycles. The SMILES string of the molecule is O=C(Nc1nc(-c2ccc(Br)cc2)cs1)C1CCN(S(=O)(=O)c2cccs2)CC1. The monoisotopic (exact) mass is 511 g/mol. The average Bonchev–Trinajstić information content (AvgIpc) is 3.41. The predicted octanol–water partition coefficient (Wildman–Crippen LogP) is 4.67. The number of carbonyl (C=O) groups is 1. The molecule has 2 aromatic heterocycles. The van der Waals surface area contributed by atoms with Crippen LogP contribution in [-0.2, 0) is 14.8 Å². The van der Waals surface area contributed by atoms with E-state index in [2.05, 4.69) is 26.2 Å². The summed E-state index contributed by atoms with van der Waals surface area (Å²) in [4.78, 5) is 17.1. The molecule has 1 N–H and O–H groups in total. The van der Waals surface area contributed by atoms with Crippen molar-refractivity contribution in [3.63, 3.8) is 0 Å². The van der Waals surface area contributed by atoms with Crippen LogP contribution in [0.3, 0.4) is 0 Å². The molecule has 0 atom stereocenters. The van der Waals surface area contributed by atoms with Gasteiger partial charge in [-0.15, -0.1) is 22.7 Å². The Balaban J connectivity index is 1.35. The van der Waals surface area contributed by atoms with Gasteiger partial charge in [0.2, 0.25) is 5.91 Å². The lowest BCUT2D eigenvalue weighted by atomic mass is 9.97. The number of anilines is 1. The second-order valence-corrected chi connectivity index (χ2v) is 11.5. The van der Waals surface area contributed by atoms with Crippen LogP contribution >= 0.6 is 38.6 Å². The number of halogens is 1. The number of thiophene rings is 1. The van der Waals surface area contributed by atoms with Crippen LogP contribution in [0.4, 0.5) is 5.13 Å². The standard InChI is InChI=1S/C19H18BrN3O3S3/c20-15-5-3-13(4-6-15)16-12-28-19(21-16)22-18(24)14-7-9-23(10-8-14)29(25,26)17-2-1-11-27-17/h1-6,11-12,14H,7-10H2,(H,21,22,24). The van der Waals surface area contributed by atoms with Crippen molar-refractivity contribution in [3.8, 4) is 11.3 Å². The number of carbonyl (C=O) groups excluding carboxylic acids is 1. The van der Waals surface area contributed by atoms with Gasteiger partial charge in [-0.05, 0) is 36.4 Å². The van der Waals surface area contributed by atoms with Gasteiger partial charge in [-0.3, -0.25) is 4.79 Å². The first-order valence-electron chi connectivity index (χ1n) is 8.99. The van der Waals surface area contributed by atoms with E-state index in [-0.39, 0.29) is 11.8 Å². The lowest BCUT2D eigenvalue weighted by Gasteiger charge is -2.29. The van der Waals surface area contributed by atoms with E-state index in [1.807, 2.05) is 29.6 Å². The summed E-state index contributed by atoms with van der Waals surface area (Å²) in [5, 5.41) is 7.11. The fourth-order valence-electron chi connectivity index (χ4n) is 3.19. The fourth-order valence-corrected chi connectivity index (χ4v) is 6.79. The van der Waals surface area contributed by atoms with Gasteiger partial charge < -0.3 is 5.32 Å². The first-order valence-corrected chi connectivity index (χ1v) is 13.0. The number of sulfonamides is 1. The Bertz CT molecular complexity index is 1090. The van der Waals surface area contributed by atoms with Crippen LogP contribution in [0.25, 0.3) is 11.3 Å². The molecule has 1 amide bonds. The molecule has 1 aliphatic heterocycles. The lowest BCUT2D eigenvalue weighted by Crippen LogP contribution is -2.41. The normalized spacial score (nSPS) is 16.0. The highest BCUT2D eigenvalue weighted by Gasteiger charge is 2.32. The molecule has 152 valence electrons. The van der Waals surface area contributed by atoms with E-state index >= 15 is 0 Å². The van der Waals surface area contributed by atoms with Gasteiger partial charge in [-0.2, -0.15) is 4.31 Å². The van der Waals surface area contributed by atoms with Gasteiger partial charge >= 0.3 is 0 Å². The van der Waals surface area contributed by atoms with E-state index in [0.29, 0.717) is 35.3 Å². The zero-order chi connectivity index (χ0) is 20.4. The summed E-state index contributed by atoms with van der Waals surface area (Å²) in [6, 6.07) is 11.2. The highest BCUT2D eigenvalue weighted by molar-refractivity contribution is 9.10. The number of benzene rings is 1. The molecule has 3 aromatic rings. The van der Waals surface area contributed by atoms with Gasteiger partial charge in [0.25, 0.3) is 10.0 Å². The highest BCUT2D eigenvalue weighted by Crippen LogP contribution is 2.29. The van der Waals surface area contributed by atoms with Crippen LogP contribution in [0, 0.1) is 5.92 Å². The van der Waals surface area contributed by atoms with E-state index in [1.54, 1.807) is 17.5 Å². The minimum absolute atomic E-state index is 0.102. The molecule has 1 fully saturated rings. The zero-order valence-corrected chi connectivity index (χ0v) is 19.3. The van der Waals surface area contributed by atoms with E-state index in [1.165, 1.54) is 27.0 Å². The van der Waals surface area contributed by atoms with E-state index < -0.39 is 10.0 Å². The van der Waals surface area contributed by atoms with Crippen LogP contribution in [0.15, 0.2) is 55.8 Å². The minimum atomic E-state index is -3.45. The van der Waals surface area contributed by atoms with Gasteiger partial charge in [-0.1, -0.05) is 34.1 Å². The van der Waals surface area contributed by atoms with Crippen molar-refractivity contribution in [1.29, 1.82) is 0 Å². The maximum absolute atomic E-state index is 12.6. The summed E-state index contributed by atoms with van der Waals surface area (Å²) in [7, 11) is -3.45. The molecule has 10 heteroatoms. The molecule has 1 aliphatic rings. The third-order valence-corrected chi connectivity index (χ3v) is 9.35. The number of piperidine rings is 1. The van der Waals surface area contributed by atoms with Crippen molar-refractivity contribution >= 4 is 59.7 Å². The molecule has 0 radical (unpaired) electrons. The average molecular weight is 512 g/mol. The van der Waals surface area contributed by atoms with Crippen LogP contribution in [0.2, 0.25) is 0 Å². The highest BCUT2D eigenvalue weighted by atomic mass is 79.9. The zero-order valence-electron chi connectivity index (χ0n) is 15.2. The third-order valence-electron chi connectivity index (χ3n) is 4.79. The molecule has 4 rings (SSSR count). The Morgan fingerprint density at radius 1 is 1.14 bits per heavy atom. The molecular formula is C19H18BrN3O3S3. The molecule has 0 saturated carbocycles. The molecule has 0 spiro atoms. The van der Waals surface area contributed by atoms with Crippen molar-refractivity contribution in [2.75, 3.05) is 18.4 Å². The summed E-state index contributed by atoms with van der Waals surface area (Å²) in [5.74, 6) is -0.320. The first-order chi connectivity index (χ1) is 13.9. The van der Waals surface area contributed by atoms with Crippen molar-refractivity contribution in [1.82, 2.24) is 9.29 Å². The van der Waals surface area contributed by atoms with Gasteiger partial charge in [-0.25, -0.2) is 13.4 Å². The summed E-state index contributed by atoms with van der Waals surface area (Å²) in [6.45, 7) is 0.695. The van der Waals surface area contributed by atoms with Gasteiger partial charge in [0.05, 0.1) is 5.69 Å². The van der Waals surface area contributed by atoms with Crippen LogP contribution in [-0.4, -0.2) is 36.7 Å². The van der Waals surface area contributed by atoms with Gasteiger partial charge in [0.1, 0.15) is 4.21 Å². The van der Waals surface area contributed by atoms with Crippen molar-refractivity contribution in [3.05, 3.63) is 51.6 Å². The maximum atomic E-state index is 12.6. The van der Waals surface area contributed by atoms with Crippen molar-refractivity contribution in [2.45, 2.75) is 17.1 Å². The lowest BCUT2D eigenvalue weighted by molar-refractivity contribution is -0.120. The number of hydrogen-bond acceptors (Lipinski definition) is 6. The van der Waals surface area contributed by atoms with Crippen LogP contribution in [0.5, 0.6) is 0 Å². The summed E-state index contributed by atoms with van der Waals surface area (Å²) >= 11 is 6.01. The molecule has 0 unspecified atom stereocenters. The molecule has 1 saturated heterocycles. The Kier molecular flexibility index (Phi) is 6.16. The molecule has 3 heterocycles. The quantitative estimate of drug-likeness (QED) is 0.539. The second-order valence-electron chi connectivity index (χ2n) is 6.64. The summed E-state index contributed by atoms with van der Waals surface area (Å²) < 4.78 is 28.0. The summed E-state index contributed by atoms with van der Waals surface area (Å²) in [5.41, 5.74) is 1.80. The number of amides is 1. The second kappa shape index (κ2) is 8.65. The Morgan fingerprint density at radius 3 is 2.52 bits per heavy atom. The largest absolute Gasteiger partial charge is 0.302 e. The fraction of sp³-hybridized carbons (Fsp3) is 0.263. The van der Waals surface area contributed by atoms with E-state index in [4.69, 9.17) is 0 Å². The van der Waals surface area contributed by atoms with E-state index in [9.17, 15) is 13.2 Å². The number of aromatic nitrogens is 1. The van der Waals surface area contributed by atoms with Crippen LogP contribution in [0.1, 0.15) is 12.8 Å². The first kappa shape index (κ1) is 20.7. The third kappa shape index (κ3) is 4.61. The number of nitrogens with one attached hydrogen (secondary N) is 1. The van der Waals surface area contributed by atoms with Crippen molar-refractivity contribution < 1.29 is 13.2 Å². The molecule has 6 nitrogen and oxygen atoms in total. The molecular weight excluding hydrogens is 494 g/mol. The molecule has 0 aliphatic carbocycles. The Hall–Kier alpha value is -1.59. The number of rotatable bonds is 5. The number of hydrogen-bond donors (Lipinski definition) is 1.